The molecule has 0 aliphatic carbocycles. The van der Waals surface area contributed by atoms with Gasteiger partial charge in [0.2, 0.25) is 0 Å². The third-order valence-corrected chi connectivity index (χ3v) is 3.45. The van der Waals surface area contributed by atoms with E-state index in [0.717, 1.165) is 18.6 Å². The number of carbonyl (C=O) groups is 1. The first-order valence-electron chi connectivity index (χ1n) is 8.24. The lowest BCUT2D eigenvalue weighted by Gasteiger charge is -2.05. The van der Waals surface area contributed by atoms with E-state index in [9.17, 15) is 4.79 Å². The first-order valence-corrected chi connectivity index (χ1v) is 8.24. The van der Waals surface area contributed by atoms with Crippen LogP contribution in [0.2, 0.25) is 0 Å². The van der Waals surface area contributed by atoms with Crippen molar-refractivity contribution in [1.82, 2.24) is 0 Å². The summed E-state index contributed by atoms with van der Waals surface area (Å²) < 4.78 is 10.3. The molecule has 0 N–H and O–H groups in total. The number of ether oxygens (including phenoxy) is 2. The smallest absolute Gasteiger partial charge is 0.337 e. The van der Waals surface area contributed by atoms with E-state index in [1.54, 1.807) is 24.3 Å². The van der Waals surface area contributed by atoms with Crippen LogP contribution >= 0.6 is 0 Å². The second kappa shape index (κ2) is 11.8. The number of hydrogen-bond donors (Lipinski definition) is 0. The van der Waals surface area contributed by atoms with Crippen LogP contribution in [0.5, 0.6) is 5.75 Å². The molecule has 3 heteroatoms. The van der Waals surface area contributed by atoms with E-state index in [1.165, 1.54) is 39.2 Å². The van der Waals surface area contributed by atoms with Gasteiger partial charge in [0, 0.05) is 0 Å². The first kappa shape index (κ1) is 18.3. The molecule has 22 heavy (non-hydrogen) atoms. The Kier molecular flexibility index (Phi) is 9.84. The molecule has 0 aromatic heterocycles. The van der Waals surface area contributed by atoms with Gasteiger partial charge in [0.15, 0.2) is 0 Å². The zero-order chi connectivity index (χ0) is 16.0. The zero-order valence-corrected chi connectivity index (χ0v) is 13.8. The van der Waals surface area contributed by atoms with Gasteiger partial charge in [-0.05, 0) is 49.9 Å². The Morgan fingerprint density at radius 1 is 1.00 bits per heavy atom. The Balaban J connectivity index is 2.09. The van der Waals surface area contributed by atoms with Crippen LogP contribution in [-0.2, 0) is 4.74 Å². The number of carbonyl (C=O) groups excluding carboxylic acids is 1. The second-order valence-corrected chi connectivity index (χ2v) is 5.33. The summed E-state index contributed by atoms with van der Waals surface area (Å²) in [5.41, 5.74) is 0.542. The predicted molar refractivity (Wildman–Crippen MR) is 90.4 cm³/mol. The van der Waals surface area contributed by atoms with Crippen LogP contribution in [0.3, 0.4) is 0 Å². The Bertz CT molecular complexity index is 434. The quantitative estimate of drug-likeness (QED) is 0.322. The molecule has 0 bridgehead atoms. The highest BCUT2D eigenvalue weighted by molar-refractivity contribution is 5.89. The van der Waals surface area contributed by atoms with Crippen molar-refractivity contribution < 1.29 is 14.3 Å². The lowest BCUT2D eigenvalue weighted by atomic mass is 10.1. The monoisotopic (exact) mass is 304 g/mol. The average Bonchev–Trinajstić information content (AvgIpc) is 2.56. The van der Waals surface area contributed by atoms with Gasteiger partial charge in [0.1, 0.15) is 5.75 Å². The predicted octanol–water partition coefficient (Wildman–Crippen LogP) is 5.16. The second-order valence-electron chi connectivity index (χ2n) is 5.33. The van der Waals surface area contributed by atoms with Gasteiger partial charge in [0.25, 0.3) is 0 Å². The maximum atomic E-state index is 11.3. The van der Waals surface area contributed by atoms with Crippen LogP contribution in [0.25, 0.3) is 0 Å². The Morgan fingerprint density at radius 2 is 1.68 bits per heavy atom. The summed E-state index contributed by atoms with van der Waals surface area (Å²) in [6.45, 7) is 2.93. The third-order valence-electron chi connectivity index (χ3n) is 3.45. The van der Waals surface area contributed by atoms with Crippen molar-refractivity contribution in [3.8, 4) is 5.75 Å². The molecule has 0 heterocycles. The number of unbranched alkanes of at least 4 members (excludes halogenated alkanes) is 5. The van der Waals surface area contributed by atoms with Crippen molar-refractivity contribution in [3.05, 3.63) is 42.0 Å². The van der Waals surface area contributed by atoms with Crippen molar-refractivity contribution in [3.63, 3.8) is 0 Å². The van der Waals surface area contributed by atoms with E-state index in [4.69, 9.17) is 4.74 Å². The van der Waals surface area contributed by atoms with E-state index >= 15 is 0 Å². The third kappa shape index (κ3) is 7.87. The van der Waals surface area contributed by atoms with Crippen molar-refractivity contribution in [2.24, 2.45) is 0 Å². The van der Waals surface area contributed by atoms with Crippen LogP contribution in [-0.4, -0.2) is 19.7 Å². The summed E-state index contributed by atoms with van der Waals surface area (Å²) in [6.07, 6.45) is 13.0. The number of methoxy groups -OCH3 is 1. The van der Waals surface area contributed by atoms with Gasteiger partial charge in [-0.2, -0.15) is 0 Å². The molecule has 0 aliphatic heterocycles. The van der Waals surface area contributed by atoms with Gasteiger partial charge in [-0.25, -0.2) is 4.79 Å². The van der Waals surface area contributed by atoms with E-state index in [2.05, 4.69) is 23.8 Å². The number of benzene rings is 1. The molecular formula is C19H28O3. The van der Waals surface area contributed by atoms with Crippen LogP contribution < -0.4 is 4.74 Å². The molecule has 0 radical (unpaired) electrons. The number of hydrogen-bond acceptors (Lipinski definition) is 3. The van der Waals surface area contributed by atoms with E-state index in [0.29, 0.717) is 12.2 Å². The molecule has 0 spiro atoms. The summed E-state index contributed by atoms with van der Waals surface area (Å²) >= 11 is 0. The van der Waals surface area contributed by atoms with E-state index in [-0.39, 0.29) is 5.97 Å². The Hall–Kier alpha value is -1.77. The number of allylic oxidation sites excluding steroid dienone is 2. The maximum absolute atomic E-state index is 11.3. The average molecular weight is 304 g/mol. The Morgan fingerprint density at radius 3 is 2.32 bits per heavy atom. The van der Waals surface area contributed by atoms with Gasteiger partial charge in [-0.3, -0.25) is 0 Å². The SMILES string of the molecule is CCCCCC/C=C\CCCOc1ccc(C(=O)OC)cc1. The summed E-state index contributed by atoms with van der Waals surface area (Å²) in [5, 5.41) is 0. The van der Waals surface area contributed by atoms with Crippen LogP contribution in [0, 0.1) is 0 Å². The fraction of sp³-hybridized carbons (Fsp3) is 0.526. The van der Waals surface area contributed by atoms with Crippen molar-refractivity contribution in [1.29, 1.82) is 0 Å². The summed E-state index contributed by atoms with van der Waals surface area (Å²) in [6, 6.07) is 7.04. The minimum absolute atomic E-state index is 0.323. The molecule has 122 valence electrons. The lowest BCUT2D eigenvalue weighted by molar-refractivity contribution is 0.0600. The fourth-order valence-electron chi connectivity index (χ4n) is 2.12. The van der Waals surface area contributed by atoms with Gasteiger partial charge in [0.05, 0.1) is 19.3 Å². The number of esters is 1. The molecule has 0 saturated heterocycles. The van der Waals surface area contributed by atoms with Crippen LogP contribution in [0.1, 0.15) is 62.2 Å². The van der Waals surface area contributed by atoms with Crippen LogP contribution in [0.15, 0.2) is 36.4 Å². The molecule has 1 aromatic carbocycles. The molecule has 0 saturated carbocycles. The molecular weight excluding hydrogens is 276 g/mol. The molecule has 0 fully saturated rings. The van der Waals surface area contributed by atoms with Gasteiger partial charge in [-0.15, -0.1) is 0 Å². The molecule has 1 rings (SSSR count). The lowest BCUT2D eigenvalue weighted by Crippen LogP contribution is -2.01. The van der Waals surface area contributed by atoms with Crippen LogP contribution in [0.4, 0.5) is 0 Å². The van der Waals surface area contributed by atoms with Gasteiger partial charge < -0.3 is 9.47 Å². The van der Waals surface area contributed by atoms with Gasteiger partial charge in [-0.1, -0.05) is 38.3 Å². The summed E-state index contributed by atoms with van der Waals surface area (Å²) in [7, 11) is 1.38. The highest BCUT2D eigenvalue weighted by atomic mass is 16.5. The highest BCUT2D eigenvalue weighted by Gasteiger charge is 2.04. The number of rotatable bonds is 11. The zero-order valence-electron chi connectivity index (χ0n) is 13.8. The van der Waals surface area contributed by atoms with Crippen molar-refractivity contribution in [2.45, 2.75) is 51.9 Å². The Labute approximate surface area is 134 Å². The topological polar surface area (TPSA) is 35.5 Å². The standard InChI is InChI=1S/C19H28O3/c1-3-4-5-6-7-8-9-10-11-16-22-18-14-12-17(13-15-18)19(20)21-2/h8-9,12-15H,3-7,10-11,16H2,1-2H3/b9-8-. The van der Waals surface area contributed by atoms with E-state index < -0.39 is 0 Å². The molecule has 0 aliphatic rings. The van der Waals surface area contributed by atoms with E-state index in [1.807, 2.05) is 0 Å². The van der Waals surface area contributed by atoms with Crippen molar-refractivity contribution in [2.75, 3.05) is 13.7 Å². The molecule has 0 unspecified atom stereocenters. The van der Waals surface area contributed by atoms with Gasteiger partial charge >= 0.3 is 5.97 Å². The van der Waals surface area contributed by atoms with Crippen molar-refractivity contribution >= 4 is 5.97 Å². The molecule has 1 aromatic rings. The normalized spacial score (nSPS) is 10.8. The fourth-order valence-corrected chi connectivity index (χ4v) is 2.12. The minimum atomic E-state index is -0.323. The molecule has 0 amide bonds. The maximum Gasteiger partial charge on any atom is 0.337 e. The highest BCUT2D eigenvalue weighted by Crippen LogP contribution is 2.13. The molecule has 0 atom stereocenters. The largest absolute Gasteiger partial charge is 0.494 e. The minimum Gasteiger partial charge on any atom is -0.494 e. The summed E-state index contributed by atoms with van der Waals surface area (Å²) in [5.74, 6) is 0.465. The first-order chi connectivity index (χ1) is 10.8. The summed E-state index contributed by atoms with van der Waals surface area (Å²) in [4.78, 5) is 11.3. The molecule has 3 nitrogen and oxygen atoms in total.